The molecule has 16 heteroatoms. The number of urea groups is 1. The molecule has 4 rings (SSSR count). The monoisotopic (exact) mass is 545 g/mol. The summed E-state index contributed by atoms with van der Waals surface area (Å²) in [6.07, 6.45) is 0.902. The van der Waals surface area contributed by atoms with Crippen molar-refractivity contribution in [1.29, 1.82) is 0 Å². The van der Waals surface area contributed by atoms with Crippen molar-refractivity contribution < 1.29 is 50.9 Å². The van der Waals surface area contributed by atoms with Crippen LogP contribution in [0.3, 0.4) is 0 Å². The molecule has 0 spiro atoms. The van der Waals surface area contributed by atoms with Crippen LogP contribution in [0.2, 0.25) is 0 Å². The largest absolute Gasteiger partial charge is 0.490 e. The summed E-state index contributed by atoms with van der Waals surface area (Å²) in [6, 6.07) is 1.50. The van der Waals surface area contributed by atoms with Crippen LogP contribution in [0, 0.1) is 0 Å². The molecule has 0 radical (unpaired) electrons. The first-order valence-corrected chi connectivity index (χ1v) is 11.5. The average Bonchev–Trinajstić information content (AvgIpc) is 3.55. The molecule has 1 aliphatic carbocycles. The SMILES string of the molecule is Cn1cc(CN2CC[C@@H]3[C@@H]2CCN3C(=O)NC2CCCC2)cn1.O=C(O)C(F)(F)F.O=C(O)C(F)(F)F. The summed E-state index contributed by atoms with van der Waals surface area (Å²) in [7, 11) is 1.96. The van der Waals surface area contributed by atoms with Gasteiger partial charge in [0, 0.05) is 50.5 Å². The Bertz CT molecular complexity index is 908. The van der Waals surface area contributed by atoms with E-state index in [0.717, 1.165) is 45.3 Å². The minimum Gasteiger partial charge on any atom is -0.475 e. The number of aliphatic carboxylic acids is 2. The van der Waals surface area contributed by atoms with Gasteiger partial charge in [-0.2, -0.15) is 31.4 Å². The molecule has 2 amide bonds. The van der Waals surface area contributed by atoms with E-state index in [1.165, 1.54) is 18.4 Å². The Balaban J connectivity index is 0.000000286. The molecule has 3 aliphatic rings. The second kappa shape index (κ2) is 12.5. The maximum absolute atomic E-state index is 12.6. The van der Waals surface area contributed by atoms with Gasteiger partial charge in [-0.1, -0.05) is 12.8 Å². The first-order chi connectivity index (χ1) is 17.1. The van der Waals surface area contributed by atoms with Crippen molar-refractivity contribution in [2.24, 2.45) is 7.05 Å². The topological polar surface area (TPSA) is 128 Å². The third-order valence-corrected chi connectivity index (χ3v) is 6.26. The van der Waals surface area contributed by atoms with E-state index in [-0.39, 0.29) is 6.03 Å². The third kappa shape index (κ3) is 9.09. The molecule has 2 saturated heterocycles. The Kier molecular flexibility index (Phi) is 10.2. The van der Waals surface area contributed by atoms with Crippen LogP contribution >= 0.6 is 0 Å². The van der Waals surface area contributed by atoms with Gasteiger partial charge in [0.1, 0.15) is 0 Å². The van der Waals surface area contributed by atoms with Gasteiger partial charge >= 0.3 is 30.3 Å². The summed E-state index contributed by atoms with van der Waals surface area (Å²) in [5, 5.41) is 21.8. The number of carboxylic acid groups (broad SMARTS) is 2. The molecule has 3 heterocycles. The van der Waals surface area contributed by atoms with Gasteiger partial charge in [-0.25, -0.2) is 14.4 Å². The van der Waals surface area contributed by atoms with Gasteiger partial charge in [0.15, 0.2) is 0 Å². The van der Waals surface area contributed by atoms with Crippen LogP contribution < -0.4 is 5.32 Å². The molecule has 10 nitrogen and oxygen atoms in total. The van der Waals surface area contributed by atoms with E-state index >= 15 is 0 Å². The molecule has 37 heavy (non-hydrogen) atoms. The second-order valence-electron chi connectivity index (χ2n) is 8.93. The zero-order valence-electron chi connectivity index (χ0n) is 19.9. The highest BCUT2D eigenvalue weighted by Gasteiger charge is 2.44. The normalized spacial score (nSPS) is 22.0. The van der Waals surface area contributed by atoms with Crippen molar-refractivity contribution in [3.63, 3.8) is 0 Å². The lowest BCUT2D eigenvalue weighted by molar-refractivity contribution is -0.193. The van der Waals surface area contributed by atoms with E-state index in [1.54, 1.807) is 0 Å². The molecule has 1 aromatic rings. The van der Waals surface area contributed by atoms with E-state index in [1.807, 2.05) is 17.9 Å². The number of fused-ring (bicyclic) bond motifs is 1. The van der Waals surface area contributed by atoms with Crippen LogP contribution in [0.15, 0.2) is 12.4 Å². The number of likely N-dealkylation sites (tertiary alicyclic amines) is 2. The smallest absolute Gasteiger partial charge is 0.475 e. The summed E-state index contributed by atoms with van der Waals surface area (Å²) in [6.45, 7) is 2.93. The molecule has 2 aliphatic heterocycles. The predicted molar refractivity (Wildman–Crippen MR) is 115 cm³/mol. The maximum atomic E-state index is 12.6. The van der Waals surface area contributed by atoms with Crippen LogP contribution in [0.4, 0.5) is 31.1 Å². The van der Waals surface area contributed by atoms with E-state index in [2.05, 4.69) is 26.4 Å². The highest BCUT2D eigenvalue weighted by molar-refractivity contribution is 5.75. The van der Waals surface area contributed by atoms with Gasteiger partial charge < -0.3 is 20.4 Å². The minimum atomic E-state index is -5.08. The van der Waals surface area contributed by atoms with Gasteiger partial charge in [-0.15, -0.1) is 0 Å². The Labute approximate surface area is 208 Å². The molecule has 0 bridgehead atoms. The first-order valence-electron chi connectivity index (χ1n) is 11.5. The van der Waals surface area contributed by atoms with E-state index in [9.17, 15) is 31.1 Å². The van der Waals surface area contributed by atoms with Crippen molar-refractivity contribution in [3.05, 3.63) is 18.0 Å². The Morgan fingerprint density at radius 1 is 0.946 bits per heavy atom. The lowest BCUT2D eigenvalue weighted by Gasteiger charge is -2.27. The van der Waals surface area contributed by atoms with Crippen molar-refractivity contribution in [1.82, 2.24) is 24.9 Å². The van der Waals surface area contributed by atoms with Gasteiger partial charge in [0.25, 0.3) is 0 Å². The second-order valence-corrected chi connectivity index (χ2v) is 8.93. The number of hydrogen-bond acceptors (Lipinski definition) is 5. The summed E-state index contributed by atoms with van der Waals surface area (Å²) in [4.78, 5) is 35.0. The van der Waals surface area contributed by atoms with E-state index < -0.39 is 24.3 Å². The first kappa shape index (κ1) is 30.2. The van der Waals surface area contributed by atoms with Crippen LogP contribution in [0.1, 0.15) is 44.1 Å². The van der Waals surface area contributed by atoms with Crippen LogP contribution in [-0.2, 0) is 23.2 Å². The average molecular weight is 545 g/mol. The van der Waals surface area contributed by atoms with Crippen LogP contribution in [0.5, 0.6) is 0 Å². The number of nitrogens with zero attached hydrogens (tertiary/aromatic N) is 4. The van der Waals surface area contributed by atoms with Crippen LogP contribution in [0.25, 0.3) is 0 Å². The number of aromatic nitrogens is 2. The van der Waals surface area contributed by atoms with E-state index in [0.29, 0.717) is 18.1 Å². The molecule has 1 saturated carbocycles. The minimum absolute atomic E-state index is 0.174. The molecule has 2 atom stereocenters. The zero-order chi connectivity index (χ0) is 28.0. The number of alkyl halides is 6. The van der Waals surface area contributed by atoms with E-state index in [4.69, 9.17) is 19.8 Å². The molecule has 3 N–H and O–H groups in total. The standard InChI is InChI=1S/C17H27N5O.2C2HF3O2/c1-20-11-13(10-18-20)12-21-8-6-16-15(21)7-9-22(16)17(23)19-14-4-2-3-5-14;2*3-2(4,5)1(6)7/h10-11,14-16H,2-9,12H2,1H3,(H,19,23);2*(H,6,7)/t15-,16+;;/m0../s1. The fraction of sp³-hybridized carbons (Fsp3) is 0.714. The fourth-order valence-corrected chi connectivity index (χ4v) is 4.64. The third-order valence-electron chi connectivity index (χ3n) is 6.26. The number of carbonyl (C=O) groups is 3. The fourth-order valence-electron chi connectivity index (χ4n) is 4.64. The molecule has 0 aromatic carbocycles. The molecule has 3 fully saturated rings. The number of hydrogen-bond donors (Lipinski definition) is 3. The highest BCUT2D eigenvalue weighted by atomic mass is 19.4. The lowest BCUT2D eigenvalue weighted by Crippen LogP contribution is -2.47. The van der Waals surface area contributed by atoms with Gasteiger partial charge in [-0.3, -0.25) is 9.58 Å². The maximum Gasteiger partial charge on any atom is 0.490 e. The van der Waals surface area contributed by atoms with Crippen molar-refractivity contribution in [2.45, 2.75) is 75.5 Å². The summed E-state index contributed by atoms with van der Waals surface area (Å²) in [5.74, 6) is -5.51. The predicted octanol–water partition coefficient (Wildman–Crippen LogP) is 2.99. The van der Waals surface area contributed by atoms with Crippen molar-refractivity contribution in [2.75, 3.05) is 13.1 Å². The lowest BCUT2D eigenvalue weighted by atomic mass is 10.1. The number of carboxylic acids is 2. The summed E-state index contributed by atoms with van der Waals surface area (Å²) in [5.41, 5.74) is 1.27. The number of amides is 2. The molecular weight excluding hydrogens is 516 g/mol. The number of rotatable bonds is 3. The molecule has 210 valence electrons. The summed E-state index contributed by atoms with van der Waals surface area (Å²) >= 11 is 0. The number of nitrogens with one attached hydrogen (secondary N) is 1. The van der Waals surface area contributed by atoms with Crippen LogP contribution in [-0.4, -0.2) is 91.3 Å². The van der Waals surface area contributed by atoms with Gasteiger partial charge in [0.05, 0.1) is 12.2 Å². The van der Waals surface area contributed by atoms with Crippen molar-refractivity contribution in [3.8, 4) is 0 Å². The molecule has 1 aromatic heterocycles. The molecular formula is C21H29F6N5O5. The number of halogens is 6. The Morgan fingerprint density at radius 2 is 1.46 bits per heavy atom. The highest BCUT2D eigenvalue weighted by Crippen LogP contribution is 2.33. The van der Waals surface area contributed by atoms with Crippen molar-refractivity contribution >= 4 is 18.0 Å². The van der Waals surface area contributed by atoms with Gasteiger partial charge in [-0.05, 0) is 25.7 Å². The Morgan fingerprint density at radius 3 is 1.92 bits per heavy atom. The summed E-state index contributed by atoms with van der Waals surface area (Å²) < 4.78 is 65.3. The zero-order valence-corrected chi connectivity index (χ0v) is 19.9. The number of carbonyl (C=O) groups excluding carboxylic acids is 1. The van der Waals surface area contributed by atoms with Gasteiger partial charge in [0.2, 0.25) is 0 Å². The Hall–Kier alpha value is -3.04. The number of aryl methyl sites for hydroxylation is 1. The molecule has 0 unspecified atom stereocenters. The quantitative estimate of drug-likeness (QED) is 0.499.